The predicted molar refractivity (Wildman–Crippen MR) is 164 cm³/mol. The minimum Gasteiger partial charge on any atom is -0.497 e. The van der Waals surface area contributed by atoms with E-state index < -0.39 is 23.0 Å². The first-order valence-corrected chi connectivity index (χ1v) is 14.7. The number of hydrogen-bond acceptors (Lipinski definition) is 5. The Balaban J connectivity index is 1.78. The molecule has 7 nitrogen and oxygen atoms in total. The number of pyridine rings is 1. The number of methoxy groups -OCH3 is 2. The second kappa shape index (κ2) is 14.3. The lowest BCUT2D eigenvalue weighted by Crippen LogP contribution is -2.32. The summed E-state index contributed by atoms with van der Waals surface area (Å²) in [6.45, 7) is 0.530. The number of carbonyl (C=O) groups excluding carboxylic acids is 1. The number of unbranched alkanes of at least 4 members (excludes halogenated alkanes) is 4. The lowest BCUT2D eigenvalue weighted by molar-refractivity contribution is 0.0991. The van der Waals surface area contributed by atoms with Crippen LogP contribution in [-0.2, 0) is 0 Å². The molecule has 222 valence electrons. The summed E-state index contributed by atoms with van der Waals surface area (Å²) in [6, 6.07) is 13.0. The predicted octanol–water partition coefficient (Wildman–Crippen LogP) is 7.29. The van der Waals surface area contributed by atoms with Crippen LogP contribution in [0.2, 0.25) is 0 Å². The van der Waals surface area contributed by atoms with Crippen LogP contribution in [0.5, 0.6) is 17.2 Å². The van der Waals surface area contributed by atoms with Gasteiger partial charge in [0.15, 0.2) is 0 Å². The zero-order valence-electron chi connectivity index (χ0n) is 23.8. The average molecular weight is 644 g/mol. The van der Waals surface area contributed by atoms with Crippen LogP contribution in [0.4, 0.5) is 14.5 Å². The number of nitrogens with zero attached hydrogens (tertiary/aromatic N) is 2. The van der Waals surface area contributed by atoms with Crippen LogP contribution in [0.1, 0.15) is 42.5 Å². The summed E-state index contributed by atoms with van der Waals surface area (Å²) in [5.74, 6) is -0.813. The molecule has 0 bridgehead atoms. The van der Waals surface area contributed by atoms with Gasteiger partial charge in [0.1, 0.15) is 34.4 Å². The lowest BCUT2D eigenvalue weighted by atomic mass is 10.1. The van der Waals surface area contributed by atoms with E-state index in [1.807, 2.05) is 0 Å². The third-order valence-electron chi connectivity index (χ3n) is 6.91. The molecule has 1 heterocycles. The van der Waals surface area contributed by atoms with Gasteiger partial charge >= 0.3 is 0 Å². The van der Waals surface area contributed by atoms with Crippen LogP contribution >= 0.6 is 15.9 Å². The van der Waals surface area contributed by atoms with Gasteiger partial charge in [-0.3, -0.25) is 9.59 Å². The molecule has 4 rings (SSSR count). The molecule has 0 atom stereocenters. The topological polar surface area (TPSA) is 70.0 Å². The zero-order chi connectivity index (χ0) is 30.2. The number of ether oxygens (including phenoxy) is 3. The van der Waals surface area contributed by atoms with E-state index in [0.717, 1.165) is 48.0 Å². The maximum absolute atomic E-state index is 13.9. The summed E-state index contributed by atoms with van der Waals surface area (Å²) in [5.41, 5.74) is 0.328. The van der Waals surface area contributed by atoms with E-state index in [0.29, 0.717) is 41.1 Å². The molecule has 1 aromatic heterocycles. The van der Waals surface area contributed by atoms with Gasteiger partial charge in [-0.05, 0) is 37.1 Å². The molecule has 0 saturated carbocycles. The Bertz CT molecular complexity index is 1580. The van der Waals surface area contributed by atoms with Crippen LogP contribution in [0, 0.1) is 11.6 Å². The van der Waals surface area contributed by atoms with Crippen molar-refractivity contribution in [2.45, 2.75) is 32.1 Å². The molecule has 0 fully saturated rings. The van der Waals surface area contributed by atoms with Gasteiger partial charge in [-0.25, -0.2) is 8.78 Å². The molecular weight excluding hydrogens is 610 g/mol. The Kier molecular flexibility index (Phi) is 10.6. The molecule has 0 aliphatic carbocycles. The van der Waals surface area contributed by atoms with E-state index in [4.69, 9.17) is 14.2 Å². The summed E-state index contributed by atoms with van der Waals surface area (Å²) in [6.07, 6.45) is 6.83. The summed E-state index contributed by atoms with van der Waals surface area (Å²) < 4.78 is 46.4. The first-order valence-electron chi connectivity index (χ1n) is 13.6. The van der Waals surface area contributed by atoms with Gasteiger partial charge in [-0.1, -0.05) is 35.2 Å². The van der Waals surface area contributed by atoms with Crippen molar-refractivity contribution >= 4 is 38.4 Å². The van der Waals surface area contributed by atoms with Crippen molar-refractivity contribution < 1.29 is 27.8 Å². The second-order valence-electron chi connectivity index (χ2n) is 9.79. The maximum atomic E-state index is 13.9. The van der Waals surface area contributed by atoms with Gasteiger partial charge in [-0.2, -0.15) is 0 Å². The molecule has 3 aromatic carbocycles. The fourth-order valence-electron chi connectivity index (χ4n) is 4.64. The number of aromatic nitrogens is 1. The Morgan fingerprint density at radius 1 is 0.857 bits per heavy atom. The lowest BCUT2D eigenvalue weighted by Gasteiger charge is -2.20. The van der Waals surface area contributed by atoms with Crippen molar-refractivity contribution in [2.75, 3.05) is 38.1 Å². The first-order chi connectivity index (χ1) is 20.2. The number of anilines is 1. The molecule has 42 heavy (non-hydrogen) atoms. The second-order valence-corrected chi connectivity index (χ2v) is 10.6. The summed E-state index contributed by atoms with van der Waals surface area (Å²) in [5, 5.41) is 1.28. The molecule has 0 unspecified atom stereocenters. The zero-order valence-corrected chi connectivity index (χ0v) is 25.4. The Hall–Kier alpha value is -3.92. The molecule has 0 spiro atoms. The van der Waals surface area contributed by atoms with Gasteiger partial charge < -0.3 is 23.7 Å². The molecule has 1 amide bonds. The van der Waals surface area contributed by atoms with Crippen molar-refractivity contribution in [3.63, 3.8) is 0 Å². The number of amides is 1. The number of carbonyl (C=O) groups is 1. The fraction of sp³-hybridized carbons (Fsp3) is 0.312. The Morgan fingerprint density at radius 3 is 2.14 bits per heavy atom. The van der Waals surface area contributed by atoms with E-state index in [2.05, 4.69) is 15.9 Å². The molecule has 0 N–H and O–H groups in total. The smallest absolute Gasteiger partial charge is 0.263 e. The third-order valence-corrected chi connectivity index (χ3v) is 7.47. The van der Waals surface area contributed by atoms with Crippen LogP contribution in [-0.4, -0.2) is 43.7 Å². The van der Waals surface area contributed by atoms with Crippen molar-refractivity contribution in [2.24, 2.45) is 0 Å². The monoisotopic (exact) mass is 642 g/mol. The normalized spacial score (nSPS) is 11.0. The molecule has 0 saturated heterocycles. The van der Waals surface area contributed by atoms with E-state index in [1.54, 1.807) is 41.0 Å². The summed E-state index contributed by atoms with van der Waals surface area (Å²) in [7, 11) is 4.40. The van der Waals surface area contributed by atoms with Gasteiger partial charge in [0, 0.05) is 60.0 Å². The van der Waals surface area contributed by atoms with Gasteiger partial charge in [0.2, 0.25) is 5.43 Å². The molecule has 0 aliphatic rings. The standard InChI is InChI=1S/C32H33BrF2N2O5/c1-36(23-14-21(34)13-22(35)15-23)32(39)29-20-37(24-16-26(40-2)18-27(17-24)41-3)30-19-25(9-10-28(30)31(29)38)42-12-8-6-4-5-7-11-33/h9-10,13-20H,4-8,11-12H2,1-3H3. The number of alkyl halides is 1. The number of halogens is 3. The summed E-state index contributed by atoms with van der Waals surface area (Å²) >= 11 is 3.45. The average Bonchev–Trinajstić information content (AvgIpc) is 2.99. The molecular formula is C32H33BrF2N2O5. The summed E-state index contributed by atoms with van der Waals surface area (Å²) in [4.78, 5) is 28.3. The Labute approximate surface area is 251 Å². The first kappa shape index (κ1) is 31.0. The Morgan fingerprint density at radius 2 is 1.50 bits per heavy atom. The number of benzene rings is 3. The minimum atomic E-state index is -0.837. The van der Waals surface area contributed by atoms with Crippen LogP contribution in [0.15, 0.2) is 65.6 Å². The highest BCUT2D eigenvalue weighted by molar-refractivity contribution is 9.09. The van der Waals surface area contributed by atoms with Crippen LogP contribution < -0.4 is 24.5 Å². The van der Waals surface area contributed by atoms with Crippen molar-refractivity contribution in [1.82, 2.24) is 4.57 Å². The van der Waals surface area contributed by atoms with E-state index in [9.17, 15) is 18.4 Å². The largest absolute Gasteiger partial charge is 0.497 e. The van der Waals surface area contributed by atoms with Crippen molar-refractivity contribution in [3.8, 4) is 22.9 Å². The van der Waals surface area contributed by atoms with E-state index >= 15 is 0 Å². The van der Waals surface area contributed by atoms with Crippen LogP contribution in [0.25, 0.3) is 16.6 Å². The SMILES string of the molecule is COc1cc(OC)cc(-n2cc(C(=O)N(C)c3cc(F)cc(F)c3)c(=O)c3ccc(OCCCCCCCBr)cc32)c1. The van der Waals surface area contributed by atoms with Crippen LogP contribution in [0.3, 0.4) is 0 Å². The van der Waals surface area contributed by atoms with Crippen molar-refractivity contribution in [3.05, 3.63) is 88.2 Å². The minimum absolute atomic E-state index is 0.0254. The molecule has 10 heteroatoms. The highest BCUT2D eigenvalue weighted by Crippen LogP contribution is 2.29. The number of rotatable bonds is 13. The highest BCUT2D eigenvalue weighted by Gasteiger charge is 2.22. The van der Waals surface area contributed by atoms with Crippen molar-refractivity contribution in [1.29, 1.82) is 0 Å². The van der Waals surface area contributed by atoms with Gasteiger partial charge in [0.25, 0.3) is 5.91 Å². The number of hydrogen-bond donors (Lipinski definition) is 0. The molecule has 0 radical (unpaired) electrons. The van der Waals surface area contributed by atoms with E-state index in [1.165, 1.54) is 33.9 Å². The highest BCUT2D eigenvalue weighted by atomic mass is 79.9. The number of fused-ring (bicyclic) bond motifs is 1. The van der Waals surface area contributed by atoms with Gasteiger partial charge in [0.05, 0.1) is 32.0 Å². The molecule has 4 aromatic rings. The van der Waals surface area contributed by atoms with E-state index in [-0.39, 0.29) is 16.6 Å². The molecule has 0 aliphatic heterocycles. The fourth-order valence-corrected chi connectivity index (χ4v) is 5.04. The maximum Gasteiger partial charge on any atom is 0.263 e. The van der Waals surface area contributed by atoms with Gasteiger partial charge in [-0.15, -0.1) is 0 Å². The quantitative estimate of drug-likeness (QED) is 0.113. The third kappa shape index (κ3) is 7.28.